The summed E-state index contributed by atoms with van der Waals surface area (Å²) in [6.45, 7) is 5.75. The van der Waals surface area contributed by atoms with Gasteiger partial charge in [0.2, 0.25) is 0 Å². The van der Waals surface area contributed by atoms with E-state index in [4.69, 9.17) is 30.8 Å². The van der Waals surface area contributed by atoms with Crippen LogP contribution in [-0.2, 0) is 17.8 Å². The second kappa shape index (κ2) is 12.2. The van der Waals surface area contributed by atoms with Crippen molar-refractivity contribution in [2.45, 2.75) is 39.5 Å². The molecular weight excluding hydrogens is 568 g/mol. The van der Waals surface area contributed by atoms with Crippen molar-refractivity contribution < 1.29 is 23.8 Å². The van der Waals surface area contributed by atoms with E-state index in [9.17, 15) is 9.59 Å². The van der Waals surface area contributed by atoms with E-state index in [-0.39, 0.29) is 19.1 Å². The summed E-state index contributed by atoms with van der Waals surface area (Å²) >= 11 is 6.16. The number of ether oxygens (including phenoxy) is 3. The summed E-state index contributed by atoms with van der Waals surface area (Å²) in [4.78, 5) is 37.2. The molecule has 1 aromatic heterocycles. The largest absolute Gasteiger partial charge is 0.497 e. The molecule has 1 aliphatic rings. The average Bonchev–Trinajstić information content (AvgIpc) is 2.99. The van der Waals surface area contributed by atoms with Crippen LogP contribution >= 0.6 is 11.6 Å². The van der Waals surface area contributed by atoms with Gasteiger partial charge < -0.3 is 14.2 Å². The molecule has 1 aliphatic heterocycles. The number of para-hydroxylation sites is 1. The SMILES string of the molecule is COc1ccc(CN(C(=O)OC(C)(C)C)c2ccc3c(n2)CN(c2ccccc2)C(=O)N3c2ccc(Cl)cc2)c(OC)c1. The van der Waals surface area contributed by atoms with Crippen LogP contribution in [0.15, 0.2) is 84.9 Å². The van der Waals surface area contributed by atoms with Gasteiger partial charge in [-0.2, -0.15) is 0 Å². The summed E-state index contributed by atoms with van der Waals surface area (Å²) in [7, 11) is 3.14. The summed E-state index contributed by atoms with van der Waals surface area (Å²) in [6, 6.07) is 25.1. The lowest BCUT2D eigenvalue weighted by atomic mass is 10.1. The van der Waals surface area contributed by atoms with Crippen molar-refractivity contribution in [3.8, 4) is 11.5 Å². The molecule has 0 saturated heterocycles. The first kappa shape index (κ1) is 29.7. The normalized spacial score (nSPS) is 12.9. The number of carbonyl (C=O) groups excluding carboxylic acids is 2. The number of nitrogens with zero attached hydrogens (tertiary/aromatic N) is 4. The molecule has 0 N–H and O–H groups in total. The van der Waals surface area contributed by atoms with Crippen LogP contribution in [0.5, 0.6) is 11.5 Å². The lowest BCUT2D eigenvalue weighted by molar-refractivity contribution is 0.0576. The highest BCUT2D eigenvalue weighted by Gasteiger charge is 2.35. The Morgan fingerprint density at radius 2 is 1.65 bits per heavy atom. The second-order valence-corrected chi connectivity index (χ2v) is 11.3. The van der Waals surface area contributed by atoms with Gasteiger partial charge in [0, 0.05) is 22.3 Å². The molecule has 5 rings (SSSR count). The molecule has 0 spiro atoms. The van der Waals surface area contributed by atoms with Crippen molar-refractivity contribution in [1.29, 1.82) is 0 Å². The molecule has 0 unspecified atom stereocenters. The summed E-state index contributed by atoms with van der Waals surface area (Å²) < 4.78 is 16.7. The number of carbonyl (C=O) groups is 2. The van der Waals surface area contributed by atoms with E-state index in [1.54, 1.807) is 72.6 Å². The van der Waals surface area contributed by atoms with E-state index in [0.29, 0.717) is 39.4 Å². The monoisotopic (exact) mass is 600 g/mol. The maximum atomic E-state index is 13.9. The number of fused-ring (bicyclic) bond motifs is 1. The number of benzene rings is 3. The van der Waals surface area contributed by atoms with Gasteiger partial charge in [0.05, 0.1) is 44.4 Å². The van der Waals surface area contributed by atoms with Crippen molar-refractivity contribution in [2.24, 2.45) is 0 Å². The van der Waals surface area contributed by atoms with E-state index >= 15 is 0 Å². The minimum Gasteiger partial charge on any atom is -0.497 e. The standard InChI is InChI=1S/C33H33ClN4O5/c1-33(2,3)43-32(40)37(20-22-11-16-26(41-4)19-29(22)42-5)30-18-17-28-27(35-30)21-36(24-9-7-6-8-10-24)31(39)38(28)25-14-12-23(34)13-15-25/h6-19H,20-21H2,1-5H3. The Morgan fingerprint density at radius 3 is 2.30 bits per heavy atom. The number of anilines is 4. The summed E-state index contributed by atoms with van der Waals surface area (Å²) in [6.07, 6.45) is -0.570. The Balaban J connectivity index is 1.61. The molecule has 0 atom stereocenters. The number of rotatable bonds is 7. The molecule has 3 amide bonds. The number of amides is 3. The molecular formula is C33H33ClN4O5. The zero-order valence-electron chi connectivity index (χ0n) is 24.7. The van der Waals surface area contributed by atoms with Crippen molar-refractivity contribution in [2.75, 3.05) is 28.9 Å². The van der Waals surface area contributed by atoms with Gasteiger partial charge in [-0.25, -0.2) is 14.6 Å². The molecule has 10 heteroatoms. The van der Waals surface area contributed by atoms with Gasteiger partial charge in [-0.15, -0.1) is 0 Å². The molecule has 0 fully saturated rings. The molecule has 2 heterocycles. The maximum Gasteiger partial charge on any atom is 0.416 e. The van der Waals surface area contributed by atoms with Gasteiger partial charge in [0.1, 0.15) is 22.9 Å². The van der Waals surface area contributed by atoms with Crippen LogP contribution in [0.3, 0.4) is 0 Å². The van der Waals surface area contributed by atoms with Crippen LogP contribution < -0.4 is 24.2 Å². The molecule has 222 valence electrons. The second-order valence-electron chi connectivity index (χ2n) is 10.9. The molecule has 9 nitrogen and oxygen atoms in total. The van der Waals surface area contributed by atoms with E-state index in [0.717, 1.165) is 11.3 Å². The fourth-order valence-corrected chi connectivity index (χ4v) is 4.88. The zero-order chi connectivity index (χ0) is 30.7. The molecule has 0 saturated carbocycles. The molecule has 43 heavy (non-hydrogen) atoms. The number of hydrogen-bond donors (Lipinski definition) is 0. The smallest absolute Gasteiger partial charge is 0.416 e. The van der Waals surface area contributed by atoms with E-state index in [2.05, 4.69) is 0 Å². The van der Waals surface area contributed by atoms with Crippen LogP contribution in [-0.4, -0.2) is 36.9 Å². The molecule has 4 aromatic rings. The highest BCUT2D eigenvalue weighted by Crippen LogP contribution is 2.38. The van der Waals surface area contributed by atoms with E-state index in [1.807, 2.05) is 57.2 Å². The van der Waals surface area contributed by atoms with Gasteiger partial charge in [-0.3, -0.25) is 14.7 Å². The van der Waals surface area contributed by atoms with Gasteiger partial charge in [-0.1, -0.05) is 29.8 Å². The number of halogens is 1. The Kier molecular flexibility index (Phi) is 8.45. The van der Waals surface area contributed by atoms with Crippen LogP contribution in [0.4, 0.5) is 32.5 Å². The fourth-order valence-electron chi connectivity index (χ4n) is 4.75. The number of aromatic nitrogens is 1. The van der Waals surface area contributed by atoms with Crippen molar-refractivity contribution in [3.63, 3.8) is 0 Å². The summed E-state index contributed by atoms with van der Waals surface area (Å²) in [5.41, 5.74) is 2.56. The highest BCUT2D eigenvalue weighted by atomic mass is 35.5. The summed E-state index contributed by atoms with van der Waals surface area (Å²) in [5.74, 6) is 1.55. The average molecular weight is 601 g/mol. The summed E-state index contributed by atoms with van der Waals surface area (Å²) in [5, 5.41) is 0.559. The maximum absolute atomic E-state index is 13.9. The van der Waals surface area contributed by atoms with E-state index in [1.165, 1.54) is 4.90 Å². The first-order chi connectivity index (χ1) is 20.6. The Morgan fingerprint density at radius 1 is 0.930 bits per heavy atom. The van der Waals surface area contributed by atoms with Gasteiger partial charge in [0.25, 0.3) is 0 Å². The number of hydrogen-bond acceptors (Lipinski definition) is 6. The predicted octanol–water partition coefficient (Wildman–Crippen LogP) is 7.97. The van der Waals surface area contributed by atoms with Crippen molar-refractivity contribution >= 4 is 46.6 Å². The van der Waals surface area contributed by atoms with Gasteiger partial charge in [-0.05, 0) is 81.4 Å². The zero-order valence-corrected chi connectivity index (χ0v) is 25.5. The lowest BCUT2D eigenvalue weighted by Crippen LogP contribution is -2.45. The first-order valence-corrected chi connectivity index (χ1v) is 14.1. The first-order valence-electron chi connectivity index (χ1n) is 13.7. The van der Waals surface area contributed by atoms with Crippen molar-refractivity contribution in [3.05, 3.63) is 101 Å². The minimum atomic E-state index is -0.741. The highest BCUT2D eigenvalue weighted by molar-refractivity contribution is 6.30. The third-order valence-corrected chi connectivity index (χ3v) is 7.02. The molecule has 0 bridgehead atoms. The lowest BCUT2D eigenvalue weighted by Gasteiger charge is -2.37. The van der Waals surface area contributed by atoms with Crippen LogP contribution in [0.2, 0.25) is 5.02 Å². The Labute approximate surface area is 256 Å². The number of methoxy groups -OCH3 is 2. The van der Waals surface area contributed by atoms with Crippen LogP contribution in [0.25, 0.3) is 0 Å². The van der Waals surface area contributed by atoms with Crippen molar-refractivity contribution in [1.82, 2.24) is 4.98 Å². The third-order valence-electron chi connectivity index (χ3n) is 6.77. The van der Waals surface area contributed by atoms with Gasteiger partial charge in [0.15, 0.2) is 0 Å². The fraction of sp³-hybridized carbons (Fsp3) is 0.242. The Bertz CT molecular complexity index is 1620. The van der Waals surface area contributed by atoms with E-state index < -0.39 is 11.7 Å². The molecule has 3 aromatic carbocycles. The quantitative estimate of drug-likeness (QED) is 0.214. The topological polar surface area (TPSA) is 84.4 Å². The molecule has 0 radical (unpaired) electrons. The third kappa shape index (κ3) is 6.52. The van der Waals surface area contributed by atoms with Crippen LogP contribution in [0, 0.1) is 0 Å². The minimum absolute atomic E-state index is 0.121. The van der Waals surface area contributed by atoms with Crippen LogP contribution in [0.1, 0.15) is 32.0 Å². The number of urea groups is 1. The predicted molar refractivity (Wildman–Crippen MR) is 168 cm³/mol. The Hall–Kier alpha value is -4.76. The van der Waals surface area contributed by atoms with Gasteiger partial charge >= 0.3 is 12.1 Å². The number of pyridine rings is 1. The molecule has 0 aliphatic carbocycles.